The van der Waals surface area contributed by atoms with Gasteiger partial charge in [-0.05, 0) is 24.6 Å². The van der Waals surface area contributed by atoms with Gasteiger partial charge >= 0.3 is 0 Å². The van der Waals surface area contributed by atoms with Crippen molar-refractivity contribution in [3.63, 3.8) is 0 Å². The number of hydrogen-bond donors (Lipinski definition) is 2. The molecule has 1 fully saturated rings. The average molecular weight is 376 g/mol. The van der Waals surface area contributed by atoms with Crippen molar-refractivity contribution < 1.29 is 22.7 Å². The van der Waals surface area contributed by atoms with Crippen LogP contribution in [0.1, 0.15) is 16.9 Å². The molecule has 9 nitrogen and oxygen atoms in total. The molecule has 1 amide bonds. The molecule has 0 radical (unpaired) electrons. The van der Waals surface area contributed by atoms with E-state index in [-0.39, 0.29) is 36.0 Å². The van der Waals surface area contributed by atoms with Gasteiger partial charge in [0.25, 0.3) is 5.91 Å². The Morgan fingerprint density at radius 2 is 2.04 bits per heavy atom. The first-order valence-electron chi connectivity index (χ1n) is 7.99. The van der Waals surface area contributed by atoms with Gasteiger partial charge in [-0.3, -0.25) is 4.79 Å². The van der Waals surface area contributed by atoms with Crippen molar-refractivity contribution in [1.29, 1.82) is 0 Å². The molecule has 1 unspecified atom stereocenters. The first-order chi connectivity index (χ1) is 12.5. The summed E-state index contributed by atoms with van der Waals surface area (Å²) in [5.74, 6) is 1.16. The number of carbonyl (C=O) groups excluding carboxylic acids is 1. The van der Waals surface area contributed by atoms with Gasteiger partial charge in [-0.15, -0.1) is 0 Å². The van der Waals surface area contributed by atoms with Crippen LogP contribution in [0.5, 0.6) is 11.5 Å². The lowest BCUT2D eigenvalue weighted by molar-refractivity contribution is 0.0936. The predicted molar refractivity (Wildman–Crippen MR) is 92.4 cm³/mol. The SMILES string of the molecule is O=C(NC1CCS(=O)(=O)C1)c1ccnc(Nc2ccc3c(c2)OCO3)n1. The van der Waals surface area contributed by atoms with Gasteiger partial charge in [0, 0.05) is 24.0 Å². The fourth-order valence-electron chi connectivity index (χ4n) is 2.82. The summed E-state index contributed by atoms with van der Waals surface area (Å²) in [6, 6.07) is 6.40. The second-order valence-corrected chi connectivity index (χ2v) is 8.26. The Kier molecular flexibility index (Phi) is 4.11. The number of rotatable bonds is 4. The Morgan fingerprint density at radius 3 is 2.85 bits per heavy atom. The van der Waals surface area contributed by atoms with E-state index < -0.39 is 15.7 Å². The largest absolute Gasteiger partial charge is 0.454 e. The number of amides is 1. The minimum absolute atomic E-state index is 0.0356. The minimum Gasteiger partial charge on any atom is -0.454 e. The molecule has 1 atom stereocenters. The number of ether oxygens (including phenoxy) is 2. The molecule has 2 N–H and O–H groups in total. The van der Waals surface area contributed by atoms with Gasteiger partial charge < -0.3 is 20.1 Å². The van der Waals surface area contributed by atoms with Crippen LogP contribution in [0.15, 0.2) is 30.5 Å². The minimum atomic E-state index is -3.06. The topological polar surface area (TPSA) is 120 Å². The van der Waals surface area contributed by atoms with Gasteiger partial charge in [-0.2, -0.15) is 0 Å². The Bertz CT molecular complexity index is 963. The van der Waals surface area contributed by atoms with Crippen LogP contribution in [0.2, 0.25) is 0 Å². The Balaban J connectivity index is 1.45. The fourth-order valence-corrected chi connectivity index (χ4v) is 4.49. The summed E-state index contributed by atoms with van der Waals surface area (Å²) >= 11 is 0. The molecule has 136 valence electrons. The van der Waals surface area contributed by atoms with Crippen LogP contribution in [0.4, 0.5) is 11.6 Å². The van der Waals surface area contributed by atoms with E-state index in [1.807, 2.05) is 0 Å². The maximum absolute atomic E-state index is 12.3. The first-order valence-corrected chi connectivity index (χ1v) is 9.82. The molecule has 2 aliphatic rings. The van der Waals surface area contributed by atoms with Crippen molar-refractivity contribution in [3.05, 3.63) is 36.2 Å². The molecule has 26 heavy (non-hydrogen) atoms. The van der Waals surface area contributed by atoms with E-state index in [4.69, 9.17) is 9.47 Å². The molecule has 0 aliphatic carbocycles. The quantitative estimate of drug-likeness (QED) is 0.806. The van der Waals surface area contributed by atoms with Crippen molar-refractivity contribution in [1.82, 2.24) is 15.3 Å². The van der Waals surface area contributed by atoms with E-state index in [0.717, 1.165) is 0 Å². The summed E-state index contributed by atoms with van der Waals surface area (Å²) in [4.78, 5) is 20.6. The number of sulfone groups is 1. The molecule has 1 saturated heterocycles. The highest BCUT2D eigenvalue weighted by Crippen LogP contribution is 2.34. The number of hydrogen-bond acceptors (Lipinski definition) is 8. The standard InChI is InChI=1S/C16H16N4O5S/c21-15(18-11-4-6-26(22,23)8-11)12-3-5-17-16(20-12)19-10-1-2-13-14(7-10)25-9-24-13/h1-3,5,7,11H,4,6,8-9H2,(H,18,21)(H,17,19,20). The lowest BCUT2D eigenvalue weighted by atomic mass is 10.2. The highest BCUT2D eigenvalue weighted by molar-refractivity contribution is 7.91. The lowest BCUT2D eigenvalue weighted by Gasteiger charge is -2.11. The van der Waals surface area contributed by atoms with E-state index in [9.17, 15) is 13.2 Å². The van der Waals surface area contributed by atoms with Crippen LogP contribution in [-0.4, -0.2) is 48.6 Å². The van der Waals surface area contributed by atoms with Gasteiger partial charge in [0.1, 0.15) is 5.69 Å². The lowest BCUT2D eigenvalue weighted by Crippen LogP contribution is -2.36. The molecule has 10 heteroatoms. The second-order valence-electron chi connectivity index (χ2n) is 6.03. The molecule has 1 aromatic heterocycles. The van der Waals surface area contributed by atoms with Crippen molar-refractivity contribution in [3.8, 4) is 11.5 Å². The van der Waals surface area contributed by atoms with Crippen LogP contribution in [0.3, 0.4) is 0 Å². The fraction of sp³-hybridized carbons (Fsp3) is 0.312. The average Bonchev–Trinajstić information content (AvgIpc) is 3.20. The summed E-state index contributed by atoms with van der Waals surface area (Å²) < 4.78 is 33.6. The van der Waals surface area contributed by atoms with Crippen LogP contribution in [0, 0.1) is 0 Å². The highest BCUT2D eigenvalue weighted by Gasteiger charge is 2.29. The van der Waals surface area contributed by atoms with E-state index in [0.29, 0.717) is 23.6 Å². The van der Waals surface area contributed by atoms with Crippen molar-refractivity contribution in [2.45, 2.75) is 12.5 Å². The number of aromatic nitrogens is 2. The van der Waals surface area contributed by atoms with Gasteiger partial charge in [0.2, 0.25) is 12.7 Å². The number of nitrogens with zero attached hydrogens (tertiary/aromatic N) is 2. The van der Waals surface area contributed by atoms with Crippen LogP contribution >= 0.6 is 0 Å². The van der Waals surface area contributed by atoms with E-state index >= 15 is 0 Å². The third kappa shape index (κ3) is 3.54. The van der Waals surface area contributed by atoms with E-state index in [1.54, 1.807) is 18.2 Å². The molecule has 0 saturated carbocycles. The molecule has 2 aliphatic heterocycles. The molecule has 0 bridgehead atoms. The van der Waals surface area contributed by atoms with Crippen LogP contribution < -0.4 is 20.1 Å². The third-order valence-electron chi connectivity index (χ3n) is 4.08. The zero-order chi connectivity index (χ0) is 18.1. The van der Waals surface area contributed by atoms with Gasteiger partial charge in [0.05, 0.1) is 11.5 Å². The summed E-state index contributed by atoms with van der Waals surface area (Å²) in [6.45, 7) is 0.182. The number of fused-ring (bicyclic) bond motifs is 1. The summed E-state index contributed by atoms with van der Waals surface area (Å²) in [7, 11) is -3.06. The number of anilines is 2. The second kappa shape index (κ2) is 6.45. The van der Waals surface area contributed by atoms with Crippen molar-refractivity contribution >= 4 is 27.4 Å². The zero-order valence-corrected chi connectivity index (χ0v) is 14.5. The Morgan fingerprint density at radius 1 is 1.19 bits per heavy atom. The van der Waals surface area contributed by atoms with Crippen LogP contribution in [-0.2, 0) is 9.84 Å². The van der Waals surface area contributed by atoms with Crippen LogP contribution in [0.25, 0.3) is 0 Å². The number of benzene rings is 1. The molecule has 1 aromatic carbocycles. The first kappa shape index (κ1) is 16.6. The zero-order valence-electron chi connectivity index (χ0n) is 13.6. The Hall–Kier alpha value is -2.88. The van der Waals surface area contributed by atoms with Gasteiger partial charge in [-0.1, -0.05) is 0 Å². The summed E-state index contributed by atoms with van der Waals surface area (Å²) in [5, 5.41) is 5.71. The molecular formula is C16H16N4O5S. The Labute approximate surface area is 149 Å². The monoisotopic (exact) mass is 376 g/mol. The summed E-state index contributed by atoms with van der Waals surface area (Å²) in [6.07, 6.45) is 1.88. The molecule has 2 aromatic rings. The summed E-state index contributed by atoms with van der Waals surface area (Å²) in [5.41, 5.74) is 0.848. The molecule has 4 rings (SSSR count). The van der Waals surface area contributed by atoms with Gasteiger partial charge in [-0.25, -0.2) is 18.4 Å². The third-order valence-corrected chi connectivity index (χ3v) is 5.85. The number of nitrogens with one attached hydrogen (secondary N) is 2. The maximum atomic E-state index is 12.3. The maximum Gasteiger partial charge on any atom is 0.270 e. The van der Waals surface area contributed by atoms with Crippen molar-refractivity contribution in [2.75, 3.05) is 23.6 Å². The smallest absolute Gasteiger partial charge is 0.270 e. The van der Waals surface area contributed by atoms with Gasteiger partial charge in [0.15, 0.2) is 21.3 Å². The van der Waals surface area contributed by atoms with E-state index in [1.165, 1.54) is 12.3 Å². The predicted octanol–water partition coefficient (Wildman–Crippen LogP) is 0.866. The molecule has 3 heterocycles. The molecule has 0 spiro atoms. The molecular weight excluding hydrogens is 360 g/mol. The number of carbonyl (C=O) groups is 1. The normalized spacial score (nSPS) is 19.9. The van der Waals surface area contributed by atoms with E-state index in [2.05, 4.69) is 20.6 Å². The highest BCUT2D eigenvalue weighted by atomic mass is 32.2. The van der Waals surface area contributed by atoms with Crippen molar-refractivity contribution in [2.24, 2.45) is 0 Å².